The number of rotatable bonds is 5. The molecule has 1 N–H and O–H groups in total. The third-order valence-corrected chi connectivity index (χ3v) is 11.4. The van der Waals surface area contributed by atoms with Gasteiger partial charge in [-0.2, -0.15) is 0 Å². The number of hydrogen-bond acceptors (Lipinski definition) is 5. The molecule has 35 heavy (non-hydrogen) atoms. The Morgan fingerprint density at radius 3 is 2.34 bits per heavy atom. The van der Waals surface area contributed by atoms with Gasteiger partial charge < -0.3 is 14.6 Å². The van der Waals surface area contributed by atoms with Crippen LogP contribution >= 0.6 is 0 Å². The summed E-state index contributed by atoms with van der Waals surface area (Å²) < 4.78 is 6.21. The fourth-order valence-electron chi connectivity index (χ4n) is 9.90. The second kappa shape index (κ2) is 8.82. The number of Topliss-reactive ketones (excluding diaryl/α,β-unsaturated/α-hetero) is 1. The lowest BCUT2D eigenvalue weighted by Crippen LogP contribution is -2.67. The van der Waals surface area contributed by atoms with Crippen LogP contribution in [0.2, 0.25) is 0 Å². The Kier molecular flexibility index (Phi) is 6.69. The highest BCUT2D eigenvalue weighted by Crippen LogP contribution is 2.73. The lowest BCUT2D eigenvalue weighted by atomic mass is 9.34. The van der Waals surface area contributed by atoms with Crippen molar-refractivity contribution in [3.8, 4) is 0 Å². The number of aldehydes is 1. The minimum atomic E-state index is -0.781. The molecule has 0 aliphatic heterocycles. The van der Waals surface area contributed by atoms with Crippen LogP contribution in [0.3, 0.4) is 0 Å². The van der Waals surface area contributed by atoms with E-state index in [0.29, 0.717) is 23.8 Å². The molecule has 4 aliphatic rings. The zero-order valence-corrected chi connectivity index (χ0v) is 22.9. The molecule has 3 saturated carbocycles. The van der Waals surface area contributed by atoms with E-state index in [4.69, 9.17) is 4.74 Å². The van der Waals surface area contributed by atoms with E-state index in [0.717, 1.165) is 19.1 Å². The molecule has 0 aromatic carbocycles. The summed E-state index contributed by atoms with van der Waals surface area (Å²) in [5.74, 6) is 0.0453. The molecule has 0 bridgehead atoms. The number of esters is 1. The van der Waals surface area contributed by atoms with Gasteiger partial charge in [0.05, 0.1) is 18.4 Å². The molecule has 0 aromatic heterocycles. The molecule has 0 amide bonds. The molecule has 0 saturated heterocycles. The molecule has 4 rings (SSSR count). The molecule has 9 atom stereocenters. The maximum Gasteiger partial charge on any atom is 0.308 e. The summed E-state index contributed by atoms with van der Waals surface area (Å²) in [5.41, 5.74) is 0.348. The first-order chi connectivity index (χ1) is 16.2. The molecular weight excluding hydrogens is 440 g/mol. The third kappa shape index (κ3) is 3.95. The van der Waals surface area contributed by atoms with E-state index in [1.165, 1.54) is 32.6 Å². The Bertz CT molecular complexity index is 918. The van der Waals surface area contributed by atoms with Gasteiger partial charge in [-0.3, -0.25) is 9.59 Å². The minimum absolute atomic E-state index is 0.000671. The zero-order valence-electron chi connectivity index (χ0n) is 22.9. The number of allylic oxidation sites excluding steroid dienone is 2. The second-order valence-electron chi connectivity index (χ2n) is 13.7. The average molecular weight is 487 g/mol. The normalized spacial score (nSPS) is 45.1. The fraction of sp³-hybridized carbons (Fsp3) is 0.833. The monoisotopic (exact) mass is 486 g/mol. The molecule has 5 nitrogen and oxygen atoms in total. The number of aliphatic hydroxyl groups excluding tert-OH is 1. The number of carbonyl (C=O) groups is 3. The Morgan fingerprint density at radius 2 is 1.74 bits per heavy atom. The molecule has 0 heterocycles. The Morgan fingerprint density at radius 1 is 1.09 bits per heavy atom. The molecule has 4 aliphatic carbocycles. The summed E-state index contributed by atoms with van der Waals surface area (Å²) in [6, 6.07) is 0. The summed E-state index contributed by atoms with van der Waals surface area (Å²) in [7, 11) is 0. The van der Waals surface area contributed by atoms with Crippen molar-refractivity contribution in [1.82, 2.24) is 0 Å². The summed E-state index contributed by atoms with van der Waals surface area (Å²) in [6.45, 7) is 15.0. The predicted molar refractivity (Wildman–Crippen MR) is 135 cm³/mol. The number of ketones is 1. The fourth-order valence-corrected chi connectivity index (χ4v) is 9.90. The van der Waals surface area contributed by atoms with E-state index in [-0.39, 0.29) is 34.4 Å². The van der Waals surface area contributed by atoms with Gasteiger partial charge in [0.1, 0.15) is 12.4 Å². The highest BCUT2D eigenvalue weighted by Gasteiger charge is 2.69. The molecule has 196 valence electrons. The first-order valence-electron chi connectivity index (χ1n) is 13.8. The van der Waals surface area contributed by atoms with Crippen molar-refractivity contribution in [1.29, 1.82) is 0 Å². The number of ether oxygens (including phenoxy) is 1. The van der Waals surface area contributed by atoms with Gasteiger partial charge in [-0.15, -0.1) is 0 Å². The summed E-state index contributed by atoms with van der Waals surface area (Å²) in [4.78, 5) is 38.1. The van der Waals surface area contributed by atoms with Crippen LogP contribution in [0.5, 0.6) is 0 Å². The molecule has 5 heteroatoms. The van der Waals surface area contributed by atoms with Crippen LogP contribution in [0.1, 0.15) is 99.8 Å². The number of aliphatic hydroxyl groups is 1. The van der Waals surface area contributed by atoms with Crippen LogP contribution in [-0.2, 0) is 19.1 Å². The Labute approximate surface area is 211 Å². The van der Waals surface area contributed by atoms with Crippen molar-refractivity contribution in [2.24, 2.45) is 45.3 Å². The topological polar surface area (TPSA) is 80.7 Å². The predicted octanol–water partition coefficient (Wildman–Crippen LogP) is 5.68. The first kappa shape index (κ1) is 26.6. The lowest BCUT2D eigenvalue weighted by Gasteiger charge is -2.70. The van der Waals surface area contributed by atoms with Crippen LogP contribution in [0.4, 0.5) is 0 Å². The van der Waals surface area contributed by atoms with Gasteiger partial charge in [-0.1, -0.05) is 47.1 Å². The van der Waals surface area contributed by atoms with Gasteiger partial charge >= 0.3 is 5.97 Å². The Balaban J connectivity index is 1.83. The van der Waals surface area contributed by atoms with Gasteiger partial charge in [-0.25, -0.2) is 0 Å². The van der Waals surface area contributed by atoms with Crippen LogP contribution < -0.4 is 0 Å². The van der Waals surface area contributed by atoms with E-state index in [2.05, 4.69) is 34.6 Å². The summed E-state index contributed by atoms with van der Waals surface area (Å²) in [5, 5.41) is 9.83. The second-order valence-corrected chi connectivity index (χ2v) is 13.7. The van der Waals surface area contributed by atoms with Crippen LogP contribution in [-0.4, -0.2) is 35.4 Å². The van der Waals surface area contributed by atoms with Gasteiger partial charge in [0.25, 0.3) is 0 Å². The maximum absolute atomic E-state index is 12.9. The third-order valence-electron chi connectivity index (χ3n) is 11.4. The highest BCUT2D eigenvalue weighted by molar-refractivity contribution is 5.97. The van der Waals surface area contributed by atoms with Crippen LogP contribution in [0.25, 0.3) is 0 Å². The largest absolute Gasteiger partial charge is 0.462 e. The lowest BCUT2D eigenvalue weighted by molar-refractivity contribution is -0.239. The van der Waals surface area contributed by atoms with Crippen molar-refractivity contribution in [2.45, 2.75) is 112 Å². The van der Waals surface area contributed by atoms with E-state index in [9.17, 15) is 19.5 Å². The summed E-state index contributed by atoms with van der Waals surface area (Å²) >= 11 is 0. The quantitative estimate of drug-likeness (QED) is 0.399. The first-order valence-corrected chi connectivity index (χ1v) is 13.8. The van der Waals surface area contributed by atoms with Crippen molar-refractivity contribution in [3.05, 3.63) is 11.6 Å². The van der Waals surface area contributed by atoms with Gasteiger partial charge in [0, 0.05) is 11.0 Å². The van der Waals surface area contributed by atoms with Crippen molar-refractivity contribution in [2.75, 3.05) is 0 Å². The number of carbonyl (C=O) groups excluding carboxylic acids is 3. The molecule has 0 spiro atoms. The number of fused-ring (bicyclic) bond motifs is 5. The van der Waals surface area contributed by atoms with Crippen molar-refractivity contribution >= 4 is 18.0 Å². The van der Waals surface area contributed by atoms with Gasteiger partial charge in [-0.05, 0) is 86.4 Å². The summed E-state index contributed by atoms with van der Waals surface area (Å²) in [6.07, 6.45) is 9.02. The van der Waals surface area contributed by atoms with Crippen LogP contribution in [0.15, 0.2) is 11.6 Å². The van der Waals surface area contributed by atoms with Crippen molar-refractivity contribution < 1.29 is 24.2 Å². The van der Waals surface area contributed by atoms with E-state index < -0.39 is 29.5 Å². The number of hydrogen-bond donors (Lipinski definition) is 1. The maximum atomic E-state index is 12.9. The average Bonchev–Trinajstić information content (AvgIpc) is 2.73. The molecule has 1 unspecified atom stereocenters. The Hall–Kier alpha value is -1.49. The van der Waals surface area contributed by atoms with Crippen LogP contribution in [0, 0.1) is 45.3 Å². The standard InChI is InChI=1S/C30H46O5/c1-18(32)15-26(34)35-25-16-24-28(5)13-8-12-27(3,4)22(28)11-14-29(24,6)23-10-9-20(19(2)33)21(17-31)30(23,25)7/h9,17-18,21-25,32H,8,10-16H2,1-7H3/t18?,21-,22-,23-,24+,25+,28-,29-,30+/m0/s1. The molecular formula is C30H46O5. The van der Waals surface area contributed by atoms with E-state index in [1.54, 1.807) is 6.92 Å². The minimum Gasteiger partial charge on any atom is -0.462 e. The molecule has 0 radical (unpaired) electrons. The molecule has 0 aromatic rings. The van der Waals surface area contributed by atoms with Gasteiger partial charge in [0.15, 0.2) is 5.78 Å². The van der Waals surface area contributed by atoms with E-state index >= 15 is 0 Å². The SMILES string of the molecule is CC(=O)C1=CC[C@H]2[C@]3(C)CC[C@H]4C(C)(C)CCC[C@]4(C)[C@H]3C[C@@H](OC(=O)CC(C)O)[C@]2(C)[C@H]1C=O. The van der Waals surface area contributed by atoms with E-state index in [1.807, 2.05) is 6.08 Å². The van der Waals surface area contributed by atoms with Gasteiger partial charge in [0.2, 0.25) is 0 Å². The smallest absolute Gasteiger partial charge is 0.308 e. The molecule has 3 fully saturated rings. The zero-order chi connectivity index (χ0) is 26.0. The van der Waals surface area contributed by atoms with Crippen molar-refractivity contribution in [3.63, 3.8) is 0 Å². The highest BCUT2D eigenvalue weighted by atomic mass is 16.5.